The molecule has 0 radical (unpaired) electrons. The van der Waals surface area contributed by atoms with Gasteiger partial charge in [-0.05, 0) is 70.4 Å². The average molecular weight is 681 g/mol. The van der Waals surface area contributed by atoms with Crippen molar-refractivity contribution < 1.29 is 57.4 Å². The Morgan fingerprint density at radius 2 is 1.72 bits per heavy atom. The van der Waals surface area contributed by atoms with E-state index in [0.717, 1.165) is 0 Å². The first-order valence-electron chi connectivity index (χ1n) is 15.5. The van der Waals surface area contributed by atoms with Crippen LogP contribution in [0.15, 0.2) is 48.1 Å². The SMILES string of the molecule is C=C(C)C(=O)O.C=C(C)C(=O)OCCS(=O)CC(=O)OCC(=O)[C@@]1(O)[C@H](C)CC2[C@@H]3CCC4=CC(=O)C=C[C@]4(C)[C@@]3(F)[C@@H](O)CC21C. The van der Waals surface area contributed by atoms with Crippen LogP contribution in [0.2, 0.25) is 0 Å². The van der Waals surface area contributed by atoms with E-state index >= 15 is 4.39 Å². The zero-order valence-electron chi connectivity index (χ0n) is 27.5. The van der Waals surface area contributed by atoms with Gasteiger partial charge in [0.2, 0.25) is 5.78 Å². The third kappa shape index (κ3) is 6.84. The van der Waals surface area contributed by atoms with Gasteiger partial charge in [-0.15, -0.1) is 0 Å². The molecule has 0 heterocycles. The zero-order valence-corrected chi connectivity index (χ0v) is 28.3. The van der Waals surface area contributed by atoms with Crippen LogP contribution in [0.4, 0.5) is 4.39 Å². The molecule has 0 spiro atoms. The fourth-order valence-electron chi connectivity index (χ4n) is 7.99. The van der Waals surface area contributed by atoms with E-state index in [1.807, 2.05) is 0 Å². The lowest BCUT2D eigenvalue weighted by atomic mass is 9.44. The lowest BCUT2D eigenvalue weighted by Gasteiger charge is -2.62. The van der Waals surface area contributed by atoms with Crippen LogP contribution in [0.5, 0.6) is 0 Å². The quantitative estimate of drug-likeness (QED) is 0.228. The number of rotatable bonds is 10. The number of aliphatic carboxylic acids is 1. The number of hydrogen-bond acceptors (Lipinski definition) is 10. The standard InChI is InChI=1S/C30H39FO9S.C4H6O2/c1-17(2)26(36)39-10-11-41(38)16-25(35)40-15-24(34)30(37)18(3)12-22-21-7-6-19-13-20(32)8-9-27(19,4)29(21,31)23(33)14-28(22,30)5;1-3(2)4(5)6/h8-9,13,18,21-23,33,37H,1,6-7,10-12,14-16H2,2-5H3;1H2,2H3,(H,5,6)/t18-,21+,22?,23+,27+,28?,29+,30+,41?;/m1./s1. The van der Waals surface area contributed by atoms with Gasteiger partial charge in [0, 0.05) is 38.7 Å². The molecule has 0 aromatic carbocycles. The molecule has 0 aromatic rings. The van der Waals surface area contributed by atoms with E-state index < -0.39 is 92.8 Å². The molecule has 3 unspecified atom stereocenters. The van der Waals surface area contributed by atoms with E-state index in [4.69, 9.17) is 14.6 Å². The topological polar surface area (TPSA) is 182 Å². The van der Waals surface area contributed by atoms with E-state index in [9.17, 15) is 38.4 Å². The number of fused-ring (bicyclic) bond motifs is 5. The molecule has 11 nitrogen and oxygen atoms in total. The molecule has 47 heavy (non-hydrogen) atoms. The van der Waals surface area contributed by atoms with Crippen molar-refractivity contribution in [3.8, 4) is 0 Å². The fourth-order valence-corrected chi connectivity index (χ4v) is 8.75. The van der Waals surface area contributed by atoms with Gasteiger partial charge in [0.15, 0.2) is 18.1 Å². The molecule has 3 saturated carbocycles. The Balaban J connectivity index is 0.000000913. The Morgan fingerprint density at radius 3 is 2.30 bits per heavy atom. The minimum atomic E-state index is -2.10. The van der Waals surface area contributed by atoms with Crippen LogP contribution < -0.4 is 0 Å². The molecule has 0 saturated heterocycles. The van der Waals surface area contributed by atoms with Gasteiger partial charge in [-0.3, -0.25) is 18.6 Å². The third-order valence-corrected chi connectivity index (χ3v) is 11.7. The van der Waals surface area contributed by atoms with E-state index in [-0.39, 0.29) is 35.7 Å². The molecule has 4 aliphatic rings. The van der Waals surface area contributed by atoms with Gasteiger partial charge in [0.1, 0.15) is 18.0 Å². The van der Waals surface area contributed by atoms with Crippen molar-refractivity contribution in [3.05, 3.63) is 48.1 Å². The number of allylic oxidation sites excluding steroid dienone is 4. The lowest BCUT2D eigenvalue weighted by Crippen LogP contribution is -2.69. The predicted octanol–water partition coefficient (Wildman–Crippen LogP) is 2.96. The number of ketones is 2. The third-order valence-electron chi connectivity index (χ3n) is 10.5. The van der Waals surface area contributed by atoms with Crippen molar-refractivity contribution in [2.45, 2.75) is 77.7 Å². The first kappa shape index (κ1) is 38.2. The van der Waals surface area contributed by atoms with E-state index in [1.165, 1.54) is 26.0 Å². The van der Waals surface area contributed by atoms with Crippen LogP contribution in [0.1, 0.15) is 60.3 Å². The van der Waals surface area contributed by atoms with Gasteiger partial charge >= 0.3 is 17.9 Å². The molecule has 0 amide bonds. The van der Waals surface area contributed by atoms with Crippen LogP contribution >= 0.6 is 0 Å². The summed E-state index contributed by atoms with van der Waals surface area (Å²) in [7, 11) is -1.71. The molecule has 13 heteroatoms. The minimum absolute atomic E-state index is 0.105. The van der Waals surface area contributed by atoms with Gasteiger partial charge in [-0.25, -0.2) is 14.0 Å². The number of aliphatic hydroxyl groups is 2. The highest BCUT2D eigenvalue weighted by Gasteiger charge is 2.75. The van der Waals surface area contributed by atoms with Gasteiger partial charge in [-0.2, -0.15) is 0 Å². The molecular weight excluding hydrogens is 635 g/mol. The summed E-state index contributed by atoms with van der Waals surface area (Å²) in [4.78, 5) is 58.8. The summed E-state index contributed by atoms with van der Waals surface area (Å²) < 4.78 is 39.4. The monoisotopic (exact) mass is 680 g/mol. The largest absolute Gasteiger partial charge is 0.478 e. The number of Topliss-reactive ketones (excluding diaryl/α,β-unsaturated/α-hetero) is 1. The highest BCUT2D eigenvalue weighted by molar-refractivity contribution is 7.85. The van der Waals surface area contributed by atoms with Crippen LogP contribution in [-0.2, 0) is 44.2 Å². The van der Waals surface area contributed by atoms with E-state index in [2.05, 4.69) is 13.2 Å². The number of carbonyl (C=O) groups is 5. The van der Waals surface area contributed by atoms with Crippen LogP contribution in [0.3, 0.4) is 0 Å². The Kier molecular flexibility index (Phi) is 11.4. The number of hydrogen-bond donors (Lipinski definition) is 3. The molecular formula is C34H45FO11S. The number of carboxylic acid groups (broad SMARTS) is 1. The molecule has 3 N–H and O–H groups in total. The first-order valence-corrected chi connectivity index (χ1v) is 16.9. The zero-order chi connectivity index (χ0) is 35.7. The highest BCUT2D eigenvalue weighted by atomic mass is 32.2. The highest BCUT2D eigenvalue weighted by Crippen LogP contribution is 2.70. The number of esters is 2. The molecule has 0 bridgehead atoms. The van der Waals surface area contributed by atoms with E-state index in [0.29, 0.717) is 24.8 Å². The van der Waals surface area contributed by atoms with Crippen LogP contribution in [-0.4, -0.2) is 91.1 Å². The lowest BCUT2D eigenvalue weighted by molar-refractivity contribution is -0.219. The second-order valence-electron chi connectivity index (χ2n) is 13.5. The van der Waals surface area contributed by atoms with E-state index in [1.54, 1.807) is 26.8 Å². The number of carbonyl (C=O) groups excluding carboxylic acids is 4. The van der Waals surface area contributed by atoms with Gasteiger partial charge in [-0.1, -0.05) is 38.7 Å². The maximum absolute atomic E-state index is 17.2. The second-order valence-corrected chi connectivity index (χ2v) is 15.1. The summed E-state index contributed by atoms with van der Waals surface area (Å²) in [5, 5.41) is 31.2. The van der Waals surface area contributed by atoms with Gasteiger partial charge in [0.25, 0.3) is 0 Å². The maximum Gasteiger partial charge on any atom is 0.333 e. The van der Waals surface area contributed by atoms with Crippen molar-refractivity contribution in [1.29, 1.82) is 0 Å². The van der Waals surface area contributed by atoms with Crippen molar-refractivity contribution in [2.75, 3.05) is 24.7 Å². The van der Waals surface area contributed by atoms with Crippen molar-refractivity contribution in [2.24, 2.45) is 28.6 Å². The fraction of sp³-hybridized carbons (Fsp3) is 0.618. The van der Waals surface area contributed by atoms with Gasteiger partial charge < -0.3 is 24.8 Å². The Hall–Kier alpha value is -3.29. The second kappa shape index (κ2) is 14.1. The molecule has 4 rings (SSSR count). The number of carboxylic acids is 1. The minimum Gasteiger partial charge on any atom is -0.478 e. The Bertz CT molecular complexity index is 1440. The number of alkyl halides is 1. The van der Waals surface area contributed by atoms with Crippen molar-refractivity contribution in [1.82, 2.24) is 0 Å². The summed E-state index contributed by atoms with van der Waals surface area (Å²) >= 11 is 0. The smallest absolute Gasteiger partial charge is 0.333 e. The van der Waals surface area contributed by atoms with Crippen LogP contribution in [0, 0.1) is 28.6 Å². The van der Waals surface area contributed by atoms with Crippen LogP contribution in [0.25, 0.3) is 0 Å². The summed E-state index contributed by atoms with van der Waals surface area (Å²) in [6, 6.07) is 0. The normalized spacial score (nSPS) is 35.8. The summed E-state index contributed by atoms with van der Waals surface area (Å²) in [6.45, 7) is 13.7. The molecule has 0 aromatic heterocycles. The predicted molar refractivity (Wildman–Crippen MR) is 170 cm³/mol. The molecule has 9 atom stereocenters. The Labute approximate surface area is 276 Å². The number of halogens is 1. The summed E-state index contributed by atoms with van der Waals surface area (Å²) in [5.74, 6) is -5.82. The average Bonchev–Trinajstić information content (AvgIpc) is 3.18. The summed E-state index contributed by atoms with van der Waals surface area (Å²) in [5.41, 5.74) is -5.47. The maximum atomic E-state index is 17.2. The van der Waals surface area contributed by atoms with Crippen molar-refractivity contribution >= 4 is 40.3 Å². The molecule has 4 aliphatic carbocycles. The summed E-state index contributed by atoms with van der Waals surface area (Å²) in [6.07, 6.45) is 3.77. The molecule has 3 fully saturated rings. The Morgan fingerprint density at radius 1 is 1.11 bits per heavy atom. The van der Waals surface area contributed by atoms with Crippen molar-refractivity contribution in [3.63, 3.8) is 0 Å². The van der Waals surface area contributed by atoms with Gasteiger partial charge in [0.05, 0.1) is 11.9 Å². The number of aliphatic hydroxyl groups excluding tert-OH is 1. The molecule has 0 aliphatic heterocycles. The molecule has 260 valence electrons. The first-order chi connectivity index (χ1) is 21.7. The number of ether oxygens (including phenoxy) is 2.